The van der Waals surface area contributed by atoms with Crippen LogP contribution in [0.15, 0.2) is 267 Å². The Kier molecular flexibility index (Phi) is 9.97. The lowest BCUT2D eigenvalue weighted by atomic mass is 9.76. The van der Waals surface area contributed by atoms with Crippen molar-refractivity contribution in [2.45, 2.75) is 0 Å². The summed E-state index contributed by atoms with van der Waals surface area (Å²) in [6.07, 6.45) is 0. The summed E-state index contributed by atoms with van der Waals surface area (Å²) in [5.74, 6) is 0. The first-order valence-electron chi connectivity index (χ1n) is 22.8. The predicted octanol–water partition coefficient (Wildman–Crippen LogP) is 18.5. The van der Waals surface area contributed by atoms with E-state index in [1.54, 1.807) is 0 Å². The van der Waals surface area contributed by atoms with Crippen molar-refractivity contribution < 1.29 is 0 Å². The van der Waals surface area contributed by atoms with Gasteiger partial charge in [0.05, 0.1) is 0 Å². The highest BCUT2D eigenvalue weighted by atomic mass is 14.3. The second-order valence-electron chi connectivity index (χ2n) is 17.1. The summed E-state index contributed by atoms with van der Waals surface area (Å²) in [7, 11) is 0. The van der Waals surface area contributed by atoms with Crippen molar-refractivity contribution in [3.05, 3.63) is 267 Å². The third-order valence-electron chi connectivity index (χ3n) is 13.3. The minimum Gasteiger partial charge on any atom is -0.0622 e. The minimum absolute atomic E-state index is 1.18. The van der Waals surface area contributed by atoms with Crippen molar-refractivity contribution in [3.8, 4) is 89.0 Å². The molecule has 0 aliphatic rings. The topological polar surface area (TPSA) is 0 Å². The van der Waals surface area contributed by atoms with Crippen LogP contribution in [0.2, 0.25) is 0 Å². The lowest BCUT2D eigenvalue weighted by Gasteiger charge is -2.26. The minimum atomic E-state index is 1.18. The molecule has 0 nitrogen and oxygen atoms in total. The van der Waals surface area contributed by atoms with Crippen molar-refractivity contribution in [2.75, 3.05) is 0 Å². The number of benzene rings is 12. The molecular weight excluding hydrogens is 793 g/mol. The molecule has 0 aliphatic carbocycles. The first kappa shape index (κ1) is 39.0. The van der Waals surface area contributed by atoms with Gasteiger partial charge in [-0.05, 0) is 133 Å². The summed E-state index contributed by atoms with van der Waals surface area (Å²) in [6, 6.07) is 98.1. The first-order valence-corrected chi connectivity index (χ1v) is 22.8. The van der Waals surface area contributed by atoms with E-state index in [-0.39, 0.29) is 0 Å². The highest BCUT2D eigenvalue weighted by Crippen LogP contribution is 2.55. The highest BCUT2D eigenvalue weighted by molar-refractivity contribution is 6.34. The van der Waals surface area contributed by atoms with Crippen LogP contribution >= 0.6 is 0 Å². The van der Waals surface area contributed by atoms with Crippen LogP contribution in [0.3, 0.4) is 0 Å². The maximum atomic E-state index is 2.49. The van der Waals surface area contributed by atoms with Crippen molar-refractivity contribution in [1.29, 1.82) is 0 Å². The largest absolute Gasteiger partial charge is 0.0622 e. The zero-order valence-electron chi connectivity index (χ0n) is 36.4. The third-order valence-corrected chi connectivity index (χ3v) is 13.3. The summed E-state index contributed by atoms with van der Waals surface area (Å²) in [6.45, 7) is 0. The molecule has 0 fully saturated rings. The van der Waals surface area contributed by atoms with E-state index in [9.17, 15) is 0 Å². The maximum absolute atomic E-state index is 2.49. The van der Waals surface area contributed by atoms with E-state index >= 15 is 0 Å². The number of rotatable bonds is 8. The standard InChI is InChI=1S/C66H44/c1-7-21-45(22-8-1)47-35-39-53(40-36-47)61-55-33-19-20-34-56(55)62(54-41-37-48(38-42-54)46-23-9-2-10-24-46)66-64(52-31-17-6-18-32-52)60-44-58(50-27-13-4-14-28-50)57(49-25-11-3-12-26-49)43-59(60)63(65(61)66)51-29-15-5-16-30-51/h1-44H. The molecule has 0 heterocycles. The Hall–Kier alpha value is -8.58. The average Bonchev–Trinajstić information content (AvgIpc) is 3.41. The average molecular weight is 837 g/mol. The second-order valence-corrected chi connectivity index (χ2v) is 17.1. The van der Waals surface area contributed by atoms with Gasteiger partial charge in [0.25, 0.3) is 0 Å². The van der Waals surface area contributed by atoms with Crippen LogP contribution in [-0.2, 0) is 0 Å². The fourth-order valence-electron chi connectivity index (χ4n) is 10.3. The second kappa shape index (κ2) is 16.8. The van der Waals surface area contributed by atoms with Gasteiger partial charge in [0.1, 0.15) is 0 Å². The molecule has 12 rings (SSSR count). The Balaban J connectivity index is 1.32. The predicted molar refractivity (Wildman–Crippen MR) is 282 cm³/mol. The smallest absolute Gasteiger partial charge is 0.000139 e. The van der Waals surface area contributed by atoms with Crippen LogP contribution in [0.25, 0.3) is 121 Å². The van der Waals surface area contributed by atoms with E-state index in [0.717, 1.165) is 0 Å². The number of hydrogen-bond acceptors (Lipinski definition) is 0. The molecule has 12 aromatic rings. The van der Waals surface area contributed by atoms with Crippen molar-refractivity contribution in [3.63, 3.8) is 0 Å². The van der Waals surface area contributed by atoms with Crippen molar-refractivity contribution in [2.24, 2.45) is 0 Å². The molecule has 0 heteroatoms. The molecule has 0 N–H and O–H groups in total. The molecule has 12 aromatic carbocycles. The van der Waals surface area contributed by atoms with Gasteiger partial charge in [-0.3, -0.25) is 0 Å². The van der Waals surface area contributed by atoms with Gasteiger partial charge in [-0.1, -0.05) is 255 Å². The molecule has 0 spiro atoms. The molecule has 0 bridgehead atoms. The van der Waals surface area contributed by atoms with Crippen LogP contribution in [0.4, 0.5) is 0 Å². The molecule has 0 amide bonds. The van der Waals surface area contributed by atoms with Gasteiger partial charge in [0, 0.05) is 0 Å². The molecule has 0 unspecified atom stereocenters. The van der Waals surface area contributed by atoms with E-state index in [2.05, 4.69) is 267 Å². The van der Waals surface area contributed by atoms with Crippen LogP contribution < -0.4 is 0 Å². The lowest BCUT2D eigenvalue weighted by molar-refractivity contribution is 1.59. The van der Waals surface area contributed by atoms with Gasteiger partial charge in [0.2, 0.25) is 0 Å². The Morgan fingerprint density at radius 2 is 0.364 bits per heavy atom. The van der Waals surface area contributed by atoms with Crippen molar-refractivity contribution >= 4 is 32.3 Å². The fourth-order valence-corrected chi connectivity index (χ4v) is 10.3. The summed E-state index contributed by atoms with van der Waals surface area (Å²) in [5.41, 5.74) is 19.2. The molecule has 0 radical (unpaired) electrons. The summed E-state index contributed by atoms with van der Waals surface area (Å²) < 4.78 is 0. The van der Waals surface area contributed by atoms with Gasteiger partial charge in [0.15, 0.2) is 0 Å². The van der Waals surface area contributed by atoms with E-state index in [0.29, 0.717) is 0 Å². The summed E-state index contributed by atoms with van der Waals surface area (Å²) in [5, 5.41) is 7.36. The van der Waals surface area contributed by atoms with Gasteiger partial charge < -0.3 is 0 Å². The zero-order chi connectivity index (χ0) is 43.8. The van der Waals surface area contributed by atoms with Crippen LogP contribution in [0.1, 0.15) is 0 Å². The van der Waals surface area contributed by atoms with E-state index in [1.807, 2.05) is 0 Å². The zero-order valence-corrected chi connectivity index (χ0v) is 36.4. The Morgan fingerprint density at radius 1 is 0.152 bits per heavy atom. The van der Waals surface area contributed by atoms with E-state index in [4.69, 9.17) is 0 Å². The Labute approximate surface area is 386 Å². The highest BCUT2D eigenvalue weighted by Gasteiger charge is 2.27. The molecule has 0 saturated heterocycles. The first-order chi connectivity index (χ1) is 32.8. The molecule has 308 valence electrons. The fraction of sp³-hybridized carbons (Fsp3) is 0. The SMILES string of the molecule is c1ccc(-c2ccc(-c3c4ccccc4c(-c4ccc(-c5ccccc5)cc4)c4c(-c5ccccc5)c5cc(-c6ccccc6)c(-c6ccccc6)cc5c(-c5ccccc5)c34)cc2)cc1. The van der Waals surface area contributed by atoms with Gasteiger partial charge >= 0.3 is 0 Å². The quantitative estimate of drug-likeness (QED) is 0.134. The van der Waals surface area contributed by atoms with Gasteiger partial charge in [-0.25, -0.2) is 0 Å². The Bertz CT molecular complexity index is 3410. The normalized spacial score (nSPS) is 11.3. The molecule has 0 atom stereocenters. The van der Waals surface area contributed by atoms with Crippen molar-refractivity contribution in [1.82, 2.24) is 0 Å². The van der Waals surface area contributed by atoms with Gasteiger partial charge in [-0.2, -0.15) is 0 Å². The molecular formula is C66H44. The van der Waals surface area contributed by atoms with E-state index < -0.39 is 0 Å². The molecule has 0 saturated carbocycles. The summed E-state index contributed by atoms with van der Waals surface area (Å²) in [4.78, 5) is 0. The Morgan fingerprint density at radius 3 is 0.682 bits per heavy atom. The van der Waals surface area contributed by atoms with Crippen LogP contribution in [0, 0.1) is 0 Å². The monoisotopic (exact) mass is 836 g/mol. The van der Waals surface area contributed by atoms with Crippen LogP contribution in [0.5, 0.6) is 0 Å². The molecule has 0 aliphatic heterocycles. The van der Waals surface area contributed by atoms with E-state index in [1.165, 1.54) is 121 Å². The van der Waals surface area contributed by atoms with Gasteiger partial charge in [-0.15, -0.1) is 0 Å². The molecule has 66 heavy (non-hydrogen) atoms. The summed E-state index contributed by atoms with van der Waals surface area (Å²) >= 11 is 0. The maximum Gasteiger partial charge on any atom is -0.000139 e. The number of hydrogen-bond donors (Lipinski definition) is 0. The third kappa shape index (κ3) is 6.88. The molecule has 0 aromatic heterocycles. The number of fused-ring (bicyclic) bond motifs is 3. The van der Waals surface area contributed by atoms with Crippen LogP contribution in [-0.4, -0.2) is 0 Å². The lowest BCUT2D eigenvalue weighted by Crippen LogP contribution is -1.99.